The minimum atomic E-state index is -1.05. The van der Waals surface area contributed by atoms with Crippen molar-refractivity contribution in [1.29, 1.82) is 0 Å². The lowest BCUT2D eigenvalue weighted by molar-refractivity contribution is -0.131. The molecular weight excluding hydrogens is 599 g/mol. The summed E-state index contributed by atoms with van der Waals surface area (Å²) in [7, 11) is 0. The van der Waals surface area contributed by atoms with Crippen LogP contribution in [0.4, 0.5) is 11.4 Å². The van der Waals surface area contributed by atoms with Crippen molar-refractivity contribution in [3.8, 4) is 5.69 Å². The van der Waals surface area contributed by atoms with Crippen LogP contribution in [0, 0.1) is 0 Å². The molecular formula is C29H26Cl2N6O4S. The molecule has 10 nitrogen and oxygen atoms in total. The lowest BCUT2D eigenvalue weighted by Gasteiger charge is -2.20. The summed E-state index contributed by atoms with van der Waals surface area (Å²) in [6.45, 7) is 6.28. The summed E-state index contributed by atoms with van der Waals surface area (Å²) >= 11 is 14.0. The first-order valence-corrected chi connectivity index (χ1v) is 14.3. The van der Waals surface area contributed by atoms with Gasteiger partial charge >= 0.3 is 5.97 Å². The van der Waals surface area contributed by atoms with Gasteiger partial charge in [-0.1, -0.05) is 73.9 Å². The number of anilines is 2. The number of nitrogens with one attached hydrogen (secondary N) is 2. The molecule has 4 aromatic rings. The Bertz CT molecular complexity index is 1670. The minimum Gasteiger partial charge on any atom is -0.478 e. The molecule has 1 aromatic heterocycles. The number of benzene rings is 3. The molecule has 216 valence electrons. The van der Waals surface area contributed by atoms with Crippen molar-refractivity contribution in [2.45, 2.75) is 31.3 Å². The SMILES string of the molecule is CC(C)(C)c1ccc(-n2nnnc2SCC(=O)Nc2ccc(C(=O)Nc3ccc(/C=C/C(=O)O)cc3)cc2Cl)c(Cl)c1. The third-order valence-corrected chi connectivity index (χ3v) is 7.44. The molecule has 2 amide bonds. The summed E-state index contributed by atoms with van der Waals surface area (Å²) in [4.78, 5) is 36.0. The Kier molecular flexibility index (Phi) is 9.66. The van der Waals surface area contributed by atoms with E-state index in [9.17, 15) is 14.4 Å². The molecule has 42 heavy (non-hydrogen) atoms. The Hall–Kier alpha value is -4.19. The lowest BCUT2D eigenvalue weighted by Crippen LogP contribution is -2.16. The summed E-state index contributed by atoms with van der Waals surface area (Å²) in [5, 5.41) is 27.0. The average Bonchev–Trinajstić information content (AvgIpc) is 3.40. The normalized spacial score (nSPS) is 11.5. The fraction of sp³-hybridized carbons (Fsp3) is 0.172. The second kappa shape index (κ2) is 13.2. The monoisotopic (exact) mass is 624 g/mol. The number of carboxylic acids is 1. The number of carbonyl (C=O) groups excluding carboxylic acids is 2. The van der Waals surface area contributed by atoms with Crippen LogP contribution in [0.25, 0.3) is 11.8 Å². The van der Waals surface area contributed by atoms with Gasteiger partial charge in [0.15, 0.2) is 0 Å². The number of carbonyl (C=O) groups is 3. The van der Waals surface area contributed by atoms with Gasteiger partial charge in [-0.15, -0.1) is 5.10 Å². The molecule has 0 fully saturated rings. The molecule has 0 atom stereocenters. The topological polar surface area (TPSA) is 139 Å². The highest BCUT2D eigenvalue weighted by Crippen LogP contribution is 2.30. The molecule has 0 saturated heterocycles. The predicted molar refractivity (Wildman–Crippen MR) is 165 cm³/mol. The van der Waals surface area contributed by atoms with Crippen molar-refractivity contribution in [2.24, 2.45) is 0 Å². The number of aromatic nitrogens is 4. The van der Waals surface area contributed by atoms with Gasteiger partial charge < -0.3 is 15.7 Å². The number of carboxylic acid groups (broad SMARTS) is 1. The molecule has 3 N–H and O–H groups in total. The molecule has 0 spiro atoms. The highest BCUT2D eigenvalue weighted by Gasteiger charge is 2.19. The smallest absolute Gasteiger partial charge is 0.328 e. The van der Waals surface area contributed by atoms with Crippen LogP contribution in [0.5, 0.6) is 0 Å². The summed E-state index contributed by atoms with van der Waals surface area (Å²) in [6.07, 6.45) is 2.48. The van der Waals surface area contributed by atoms with E-state index in [1.54, 1.807) is 30.3 Å². The Morgan fingerprint density at radius 3 is 2.36 bits per heavy atom. The fourth-order valence-corrected chi connectivity index (χ4v) is 4.86. The standard InChI is InChI=1S/C29H26Cl2N6O4S/c1-29(2,3)19-8-12-24(22(31)15-19)37-28(34-35-36-37)42-16-25(38)33-23-11-7-18(14-21(23)30)27(41)32-20-9-4-17(5-10-20)6-13-26(39)40/h4-15H,16H2,1-3H3,(H,32,41)(H,33,38)(H,39,40)/b13-6+. The zero-order valence-electron chi connectivity index (χ0n) is 22.8. The van der Waals surface area contributed by atoms with E-state index < -0.39 is 11.9 Å². The number of thioether (sulfide) groups is 1. The quantitative estimate of drug-likeness (QED) is 0.145. The first-order chi connectivity index (χ1) is 19.9. The number of rotatable bonds is 9. The zero-order valence-corrected chi connectivity index (χ0v) is 25.1. The Balaban J connectivity index is 1.35. The molecule has 13 heteroatoms. The van der Waals surface area contributed by atoms with E-state index in [-0.39, 0.29) is 27.7 Å². The molecule has 3 aromatic carbocycles. The van der Waals surface area contributed by atoms with Gasteiger partial charge in [-0.3, -0.25) is 9.59 Å². The molecule has 4 rings (SSSR count). The van der Waals surface area contributed by atoms with Crippen LogP contribution in [0.1, 0.15) is 42.3 Å². The molecule has 0 aliphatic heterocycles. The van der Waals surface area contributed by atoms with Crippen molar-refractivity contribution in [3.63, 3.8) is 0 Å². The van der Waals surface area contributed by atoms with Crippen LogP contribution in [-0.2, 0) is 15.0 Å². The summed E-state index contributed by atoms with van der Waals surface area (Å²) in [6, 6.07) is 16.9. The van der Waals surface area contributed by atoms with Crippen LogP contribution in [0.2, 0.25) is 10.0 Å². The van der Waals surface area contributed by atoms with E-state index in [1.807, 2.05) is 18.2 Å². The Morgan fingerprint density at radius 2 is 1.71 bits per heavy atom. The van der Waals surface area contributed by atoms with Gasteiger partial charge in [0.05, 0.1) is 27.2 Å². The highest BCUT2D eigenvalue weighted by atomic mass is 35.5. The maximum absolute atomic E-state index is 12.7. The molecule has 0 bridgehead atoms. The lowest BCUT2D eigenvalue weighted by atomic mass is 9.87. The number of hydrogen-bond donors (Lipinski definition) is 3. The number of hydrogen-bond acceptors (Lipinski definition) is 7. The number of nitrogens with zero attached hydrogens (tertiary/aromatic N) is 4. The fourth-order valence-electron chi connectivity index (χ4n) is 3.69. The van der Waals surface area contributed by atoms with Crippen molar-refractivity contribution >= 4 is 70.2 Å². The average molecular weight is 626 g/mol. The van der Waals surface area contributed by atoms with E-state index >= 15 is 0 Å². The summed E-state index contributed by atoms with van der Waals surface area (Å²) < 4.78 is 1.48. The van der Waals surface area contributed by atoms with Crippen LogP contribution >= 0.6 is 35.0 Å². The van der Waals surface area contributed by atoms with Crippen molar-refractivity contribution in [3.05, 3.63) is 93.5 Å². The Labute approximate surface area is 256 Å². The van der Waals surface area contributed by atoms with E-state index in [2.05, 4.69) is 46.9 Å². The first-order valence-electron chi connectivity index (χ1n) is 12.5. The number of aliphatic carboxylic acids is 1. The molecule has 0 unspecified atom stereocenters. The molecule has 0 saturated carbocycles. The van der Waals surface area contributed by atoms with Crippen molar-refractivity contribution in [2.75, 3.05) is 16.4 Å². The van der Waals surface area contributed by atoms with Crippen LogP contribution in [0.3, 0.4) is 0 Å². The first kappa shape index (κ1) is 30.8. The summed E-state index contributed by atoms with van der Waals surface area (Å²) in [5.41, 5.74) is 3.42. The van der Waals surface area contributed by atoms with E-state index in [4.69, 9.17) is 28.3 Å². The molecule has 0 aliphatic carbocycles. The largest absolute Gasteiger partial charge is 0.478 e. The van der Waals surface area contributed by atoms with Crippen LogP contribution in [0.15, 0.2) is 71.9 Å². The van der Waals surface area contributed by atoms with Crippen LogP contribution < -0.4 is 10.6 Å². The zero-order chi connectivity index (χ0) is 30.4. The third-order valence-electron chi connectivity index (χ3n) is 5.91. The van der Waals surface area contributed by atoms with Crippen molar-refractivity contribution in [1.82, 2.24) is 20.2 Å². The third kappa shape index (κ3) is 7.96. The van der Waals surface area contributed by atoms with Crippen molar-refractivity contribution < 1.29 is 19.5 Å². The molecule has 0 aliphatic rings. The van der Waals surface area contributed by atoms with Gasteiger partial charge in [0, 0.05) is 17.3 Å². The van der Waals surface area contributed by atoms with Gasteiger partial charge in [0.1, 0.15) is 0 Å². The molecule has 0 radical (unpaired) electrons. The van der Waals surface area contributed by atoms with Gasteiger partial charge in [-0.05, 0) is 75.5 Å². The second-order valence-electron chi connectivity index (χ2n) is 10.1. The molecule has 1 heterocycles. The minimum absolute atomic E-state index is 0.00567. The second-order valence-corrected chi connectivity index (χ2v) is 11.8. The predicted octanol–water partition coefficient (Wildman–Crippen LogP) is 6.35. The maximum atomic E-state index is 12.7. The number of tetrazole rings is 1. The van der Waals surface area contributed by atoms with Gasteiger partial charge in [-0.25, -0.2) is 4.79 Å². The van der Waals surface area contributed by atoms with E-state index in [1.165, 1.54) is 22.9 Å². The van der Waals surface area contributed by atoms with Gasteiger partial charge in [0.2, 0.25) is 11.1 Å². The van der Waals surface area contributed by atoms with E-state index in [0.29, 0.717) is 32.8 Å². The number of amides is 2. The highest BCUT2D eigenvalue weighted by molar-refractivity contribution is 7.99. The number of halogens is 2. The van der Waals surface area contributed by atoms with Gasteiger partial charge in [0.25, 0.3) is 5.91 Å². The van der Waals surface area contributed by atoms with E-state index in [0.717, 1.165) is 23.4 Å². The van der Waals surface area contributed by atoms with Crippen LogP contribution in [-0.4, -0.2) is 48.9 Å². The Morgan fingerprint density at radius 1 is 0.976 bits per heavy atom. The summed E-state index contributed by atoms with van der Waals surface area (Å²) in [5.74, 6) is -1.80. The van der Waals surface area contributed by atoms with Gasteiger partial charge in [-0.2, -0.15) is 4.68 Å². The maximum Gasteiger partial charge on any atom is 0.328 e.